The summed E-state index contributed by atoms with van der Waals surface area (Å²) in [7, 11) is -3.69. The van der Waals surface area contributed by atoms with Crippen LogP contribution in [0.3, 0.4) is 0 Å². The van der Waals surface area contributed by atoms with Gasteiger partial charge in [0.2, 0.25) is 11.8 Å². The fourth-order valence-corrected chi connectivity index (χ4v) is 5.22. The molecule has 0 radical (unpaired) electrons. The summed E-state index contributed by atoms with van der Waals surface area (Å²) in [6, 6.07) is 9.81. The first-order valence-corrected chi connectivity index (χ1v) is 12.0. The maximum absolute atomic E-state index is 12.7. The summed E-state index contributed by atoms with van der Waals surface area (Å²) in [6.45, 7) is 3.60. The summed E-state index contributed by atoms with van der Waals surface area (Å²) in [5, 5.41) is 6.00. The molecule has 0 aliphatic carbocycles. The molecule has 2 aromatic rings. The van der Waals surface area contributed by atoms with Gasteiger partial charge in [0.15, 0.2) is 9.84 Å². The minimum Gasteiger partial charge on any atom is -0.326 e. The van der Waals surface area contributed by atoms with Crippen molar-refractivity contribution in [2.24, 2.45) is 5.92 Å². The molecule has 0 spiro atoms. The van der Waals surface area contributed by atoms with E-state index in [2.05, 4.69) is 10.6 Å². The van der Waals surface area contributed by atoms with E-state index in [1.165, 1.54) is 23.9 Å². The van der Waals surface area contributed by atoms with Gasteiger partial charge >= 0.3 is 0 Å². The topological polar surface area (TPSA) is 92.3 Å². The summed E-state index contributed by atoms with van der Waals surface area (Å²) in [5.74, 6) is -0.414. The SMILES string of the molecule is Cc1c(Cl)cccc1NC(=O)CCS(=O)(=O)c1ccc2c(c1)NC(=O)[C@H](C)CS2. The Hall–Kier alpha value is -2.03. The lowest BCUT2D eigenvalue weighted by atomic mass is 10.2. The van der Waals surface area contributed by atoms with Gasteiger partial charge < -0.3 is 10.6 Å². The van der Waals surface area contributed by atoms with Crippen LogP contribution >= 0.6 is 23.4 Å². The van der Waals surface area contributed by atoms with Crippen molar-refractivity contribution < 1.29 is 18.0 Å². The number of thioether (sulfide) groups is 1. The molecule has 0 unspecified atom stereocenters. The number of benzene rings is 2. The first-order valence-electron chi connectivity index (χ1n) is 9.03. The van der Waals surface area contributed by atoms with E-state index in [0.717, 1.165) is 10.5 Å². The maximum Gasteiger partial charge on any atom is 0.228 e. The zero-order chi connectivity index (χ0) is 21.2. The van der Waals surface area contributed by atoms with Crippen LogP contribution in [0.4, 0.5) is 11.4 Å². The van der Waals surface area contributed by atoms with Crippen molar-refractivity contribution in [2.75, 3.05) is 22.1 Å². The lowest BCUT2D eigenvalue weighted by Gasteiger charge is -2.11. The fourth-order valence-electron chi connectivity index (χ4n) is 2.77. The Morgan fingerprint density at radius 1 is 1.31 bits per heavy atom. The summed E-state index contributed by atoms with van der Waals surface area (Å²) in [5.41, 5.74) is 1.77. The van der Waals surface area contributed by atoms with E-state index >= 15 is 0 Å². The minimum absolute atomic E-state index is 0.0819. The number of fused-ring (bicyclic) bond motifs is 1. The van der Waals surface area contributed by atoms with Crippen LogP contribution in [0.1, 0.15) is 18.9 Å². The number of carbonyl (C=O) groups excluding carboxylic acids is 2. The van der Waals surface area contributed by atoms with Gasteiger partial charge in [0.05, 0.1) is 16.3 Å². The molecule has 0 fully saturated rings. The molecule has 3 rings (SSSR count). The summed E-state index contributed by atoms with van der Waals surface area (Å²) in [6.07, 6.45) is -0.191. The Morgan fingerprint density at radius 2 is 2.07 bits per heavy atom. The van der Waals surface area contributed by atoms with Gasteiger partial charge in [-0.2, -0.15) is 0 Å². The van der Waals surface area contributed by atoms with Crippen molar-refractivity contribution in [2.45, 2.75) is 30.1 Å². The predicted octanol–water partition coefficient (Wildman–Crippen LogP) is 4.13. The first-order chi connectivity index (χ1) is 13.7. The Kier molecular flexibility index (Phi) is 6.55. The number of anilines is 2. The van der Waals surface area contributed by atoms with Crippen molar-refractivity contribution in [3.8, 4) is 0 Å². The van der Waals surface area contributed by atoms with E-state index in [4.69, 9.17) is 11.6 Å². The van der Waals surface area contributed by atoms with Gasteiger partial charge in [-0.15, -0.1) is 11.8 Å². The lowest BCUT2D eigenvalue weighted by molar-refractivity contribution is -0.118. The summed E-state index contributed by atoms with van der Waals surface area (Å²) >= 11 is 7.55. The molecule has 1 aliphatic heterocycles. The third-order valence-corrected chi connectivity index (χ3v) is 8.10. The van der Waals surface area contributed by atoms with Crippen molar-refractivity contribution in [1.82, 2.24) is 0 Å². The molecule has 154 valence electrons. The molecular formula is C20H21ClN2O4S2. The number of halogens is 1. The number of carbonyl (C=O) groups is 2. The van der Waals surface area contributed by atoms with Crippen LogP contribution in [0, 0.1) is 12.8 Å². The Labute approximate surface area is 179 Å². The number of sulfone groups is 1. The quantitative estimate of drug-likeness (QED) is 0.711. The molecule has 0 saturated heterocycles. The fraction of sp³-hybridized carbons (Fsp3) is 0.300. The number of hydrogen-bond acceptors (Lipinski definition) is 5. The van der Waals surface area contributed by atoms with Crippen LogP contribution in [0.15, 0.2) is 46.2 Å². The average molecular weight is 453 g/mol. The average Bonchev–Trinajstić information content (AvgIpc) is 2.82. The molecule has 29 heavy (non-hydrogen) atoms. The minimum atomic E-state index is -3.69. The molecule has 2 aromatic carbocycles. The zero-order valence-electron chi connectivity index (χ0n) is 16.0. The molecule has 2 N–H and O–H groups in total. The van der Waals surface area contributed by atoms with Gasteiger partial charge in [-0.25, -0.2) is 8.42 Å². The molecule has 1 atom stereocenters. The van der Waals surface area contributed by atoms with Crippen molar-refractivity contribution in [1.29, 1.82) is 0 Å². The molecule has 1 heterocycles. The van der Waals surface area contributed by atoms with Gasteiger partial charge in [-0.3, -0.25) is 9.59 Å². The normalized spacial score (nSPS) is 16.5. The molecule has 0 saturated carbocycles. The monoisotopic (exact) mass is 452 g/mol. The Balaban J connectivity index is 1.70. The van der Waals surface area contributed by atoms with Crippen molar-refractivity contribution >= 4 is 56.4 Å². The van der Waals surface area contributed by atoms with Gasteiger partial charge in [0, 0.05) is 33.7 Å². The lowest BCUT2D eigenvalue weighted by Crippen LogP contribution is -2.20. The van der Waals surface area contributed by atoms with Crippen molar-refractivity contribution in [3.63, 3.8) is 0 Å². The Morgan fingerprint density at radius 3 is 2.83 bits per heavy atom. The summed E-state index contributed by atoms with van der Waals surface area (Å²) < 4.78 is 25.4. The highest BCUT2D eigenvalue weighted by molar-refractivity contribution is 7.99. The third kappa shape index (κ3) is 5.12. The third-order valence-electron chi connectivity index (χ3n) is 4.64. The second-order valence-corrected chi connectivity index (χ2v) is 10.5. The van der Waals surface area contributed by atoms with E-state index < -0.39 is 15.7 Å². The van der Waals surface area contributed by atoms with Gasteiger partial charge in [-0.1, -0.05) is 24.6 Å². The van der Waals surface area contributed by atoms with Crippen LogP contribution in [0.5, 0.6) is 0 Å². The van der Waals surface area contributed by atoms with E-state index in [9.17, 15) is 18.0 Å². The van der Waals surface area contributed by atoms with Crippen molar-refractivity contribution in [3.05, 3.63) is 47.0 Å². The number of amides is 2. The second-order valence-electron chi connectivity index (χ2n) is 6.89. The molecular weight excluding hydrogens is 432 g/mol. The molecule has 9 heteroatoms. The van der Waals surface area contributed by atoms with E-state index in [1.54, 1.807) is 31.2 Å². The predicted molar refractivity (Wildman–Crippen MR) is 116 cm³/mol. The highest BCUT2D eigenvalue weighted by Gasteiger charge is 2.23. The Bertz CT molecular complexity index is 1070. The smallest absolute Gasteiger partial charge is 0.228 e. The molecule has 6 nitrogen and oxygen atoms in total. The van der Waals surface area contributed by atoms with Crippen LogP contribution < -0.4 is 10.6 Å². The highest BCUT2D eigenvalue weighted by Crippen LogP contribution is 2.34. The molecule has 2 amide bonds. The standard InChI is InChI=1S/C20H21ClN2O4S2/c1-12-11-28-18-7-6-14(10-17(18)23-20(12)25)29(26,27)9-8-19(24)22-16-5-3-4-15(21)13(16)2/h3-7,10,12H,8-9,11H2,1-2H3,(H,22,24)(H,23,25)/t12-/m1/s1. The molecule has 0 aromatic heterocycles. The van der Waals surface area contributed by atoms with Crippen LogP contribution in [-0.4, -0.2) is 31.7 Å². The highest BCUT2D eigenvalue weighted by atomic mass is 35.5. The van der Waals surface area contributed by atoms with Gasteiger partial charge in [0.25, 0.3) is 0 Å². The van der Waals surface area contributed by atoms with Gasteiger partial charge in [0.1, 0.15) is 0 Å². The number of nitrogens with one attached hydrogen (secondary N) is 2. The summed E-state index contributed by atoms with van der Waals surface area (Å²) in [4.78, 5) is 25.2. The number of rotatable bonds is 5. The van der Waals surface area contributed by atoms with Crippen LogP contribution in [0.2, 0.25) is 5.02 Å². The van der Waals surface area contributed by atoms with Gasteiger partial charge in [-0.05, 0) is 42.8 Å². The van der Waals surface area contributed by atoms with Crippen LogP contribution in [0.25, 0.3) is 0 Å². The molecule has 0 bridgehead atoms. The zero-order valence-corrected chi connectivity index (χ0v) is 18.4. The number of hydrogen-bond donors (Lipinski definition) is 2. The largest absolute Gasteiger partial charge is 0.326 e. The van der Waals surface area contributed by atoms with E-state index in [-0.39, 0.29) is 28.9 Å². The molecule has 1 aliphatic rings. The van der Waals surface area contributed by atoms with E-state index in [0.29, 0.717) is 22.2 Å². The maximum atomic E-state index is 12.7. The second kappa shape index (κ2) is 8.77. The van der Waals surface area contributed by atoms with Crippen LogP contribution in [-0.2, 0) is 19.4 Å². The first kappa shape index (κ1) is 21.7. The van der Waals surface area contributed by atoms with E-state index in [1.807, 2.05) is 6.92 Å².